The van der Waals surface area contributed by atoms with Gasteiger partial charge in [-0.1, -0.05) is 30.3 Å². The van der Waals surface area contributed by atoms with E-state index in [-0.39, 0.29) is 12.5 Å². The molecular formula is C16H21N3O2S. The van der Waals surface area contributed by atoms with Crippen LogP contribution >= 0.6 is 11.3 Å². The summed E-state index contributed by atoms with van der Waals surface area (Å²) in [5.74, 6) is -0.196. The summed E-state index contributed by atoms with van der Waals surface area (Å²) < 4.78 is 4.86. The molecule has 0 saturated carbocycles. The average Bonchev–Trinajstić information content (AvgIpc) is 2.89. The van der Waals surface area contributed by atoms with Gasteiger partial charge >= 0.3 is 0 Å². The van der Waals surface area contributed by atoms with Gasteiger partial charge in [0.05, 0.1) is 17.3 Å². The Morgan fingerprint density at radius 1 is 1.41 bits per heavy atom. The van der Waals surface area contributed by atoms with E-state index in [4.69, 9.17) is 10.5 Å². The fourth-order valence-corrected chi connectivity index (χ4v) is 3.06. The fraction of sp³-hybridized carbons (Fsp3) is 0.375. The Hall–Kier alpha value is -1.76. The van der Waals surface area contributed by atoms with E-state index in [0.29, 0.717) is 13.0 Å². The molecule has 118 valence electrons. The second-order valence-corrected chi connectivity index (χ2v) is 6.27. The molecule has 1 amide bonds. The second kappa shape index (κ2) is 8.03. The molecule has 22 heavy (non-hydrogen) atoms. The number of amides is 1. The van der Waals surface area contributed by atoms with Gasteiger partial charge in [0.2, 0.25) is 5.91 Å². The number of carbonyl (C=O) groups is 1. The van der Waals surface area contributed by atoms with Gasteiger partial charge in [-0.25, -0.2) is 4.98 Å². The van der Waals surface area contributed by atoms with Gasteiger partial charge in [0.15, 0.2) is 0 Å². The third-order valence-corrected chi connectivity index (χ3v) is 4.24. The molecule has 5 nitrogen and oxygen atoms in total. The number of thiazole rings is 1. The van der Waals surface area contributed by atoms with Gasteiger partial charge in [0, 0.05) is 30.5 Å². The van der Waals surface area contributed by atoms with Gasteiger partial charge in [-0.05, 0) is 6.92 Å². The number of hydrogen-bond acceptors (Lipinski definition) is 5. The molecule has 1 unspecified atom stereocenters. The van der Waals surface area contributed by atoms with Crippen molar-refractivity contribution >= 4 is 17.2 Å². The predicted octanol–water partition coefficient (Wildman–Crippen LogP) is 1.75. The molecule has 1 aromatic carbocycles. The Kier molecular flexibility index (Phi) is 6.06. The van der Waals surface area contributed by atoms with Crippen LogP contribution in [0.2, 0.25) is 0 Å². The molecule has 0 aliphatic rings. The van der Waals surface area contributed by atoms with Gasteiger partial charge in [-0.3, -0.25) is 4.79 Å². The number of hydrogen-bond donors (Lipinski definition) is 2. The van der Waals surface area contributed by atoms with Crippen molar-refractivity contribution in [2.75, 3.05) is 20.3 Å². The first-order chi connectivity index (χ1) is 10.6. The van der Waals surface area contributed by atoms with Gasteiger partial charge < -0.3 is 15.8 Å². The van der Waals surface area contributed by atoms with Gasteiger partial charge in [0.25, 0.3) is 0 Å². The van der Waals surface area contributed by atoms with E-state index >= 15 is 0 Å². The van der Waals surface area contributed by atoms with Gasteiger partial charge in [-0.2, -0.15) is 0 Å². The molecule has 0 spiro atoms. The van der Waals surface area contributed by atoms with Crippen LogP contribution in [0.15, 0.2) is 30.3 Å². The molecule has 2 rings (SSSR count). The average molecular weight is 319 g/mol. The highest BCUT2D eigenvalue weighted by molar-refractivity contribution is 7.12. The number of carbonyl (C=O) groups excluding carboxylic acids is 1. The number of nitrogens with one attached hydrogen (secondary N) is 1. The van der Waals surface area contributed by atoms with Crippen LogP contribution in [-0.4, -0.2) is 37.2 Å². The van der Waals surface area contributed by atoms with Crippen LogP contribution in [-0.2, 0) is 16.0 Å². The first-order valence-electron chi connectivity index (χ1n) is 7.15. The first-order valence-corrected chi connectivity index (χ1v) is 7.97. The number of ether oxygens (including phenoxy) is 1. The van der Waals surface area contributed by atoms with Crippen molar-refractivity contribution in [1.29, 1.82) is 0 Å². The van der Waals surface area contributed by atoms with E-state index in [1.165, 1.54) is 12.0 Å². The lowest BCUT2D eigenvalue weighted by Crippen LogP contribution is -2.44. The minimum absolute atomic E-state index is 0.196. The van der Waals surface area contributed by atoms with Crippen LogP contribution < -0.4 is 11.1 Å². The normalized spacial score (nSPS) is 12.1. The van der Waals surface area contributed by atoms with Crippen molar-refractivity contribution in [1.82, 2.24) is 10.3 Å². The zero-order valence-corrected chi connectivity index (χ0v) is 13.7. The van der Waals surface area contributed by atoms with Crippen molar-refractivity contribution < 1.29 is 9.53 Å². The Morgan fingerprint density at radius 3 is 2.82 bits per heavy atom. The molecule has 0 fully saturated rings. The smallest absolute Gasteiger partial charge is 0.239 e. The van der Waals surface area contributed by atoms with E-state index in [9.17, 15) is 4.79 Å². The Balaban J connectivity index is 1.91. The van der Waals surface area contributed by atoms with E-state index in [1.807, 2.05) is 18.2 Å². The Morgan fingerprint density at radius 2 is 2.14 bits per heavy atom. The lowest BCUT2D eigenvalue weighted by atomic mass is 10.1. The van der Waals surface area contributed by atoms with E-state index < -0.39 is 6.04 Å². The fourth-order valence-electron chi connectivity index (χ4n) is 2.10. The first kappa shape index (κ1) is 16.6. The van der Waals surface area contributed by atoms with Gasteiger partial charge in [0.1, 0.15) is 6.04 Å². The van der Waals surface area contributed by atoms with Crippen LogP contribution in [0.4, 0.5) is 0 Å². The highest BCUT2D eigenvalue weighted by Gasteiger charge is 2.13. The van der Waals surface area contributed by atoms with Crippen LogP contribution in [0, 0.1) is 6.92 Å². The molecule has 1 atom stereocenters. The molecule has 3 N–H and O–H groups in total. The maximum Gasteiger partial charge on any atom is 0.239 e. The topological polar surface area (TPSA) is 77.2 Å². The van der Waals surface area contributed by atoms with Crippen molar-refractivity contribution in [3.63, 3.8) is 0 Å². The third-order valence-electron chi connectivity index (χ3n) is 3.21. The van der Waals surface area contributed by atoms with E-state index in [0.717, 1.165) is 16.3 Å². The monoisotopic (exact) mass is 319 g/mol. The van der Waals surface area contributed by atoms with Crippen LogP contribution in [0.25, 0.3) is 11.3 Å². The van der Waals surface area contributed by atoms with Crippen LogP contribution in [0.3, 0.4) is 0 Å². The predicted molar refractivity (Wildman–Crippen MR) is 88.9 cm³/mol. The number of aromatic nitrogens is 1. The largest absolute Gasteiger partial charge is 0.383 e. The van der Waals surface area contributed by atoms with Crippen LogP contribution in [0.5, 0.6) is 0 Å². The molecule has 1 aromatic heterocycles. The van der Waals surface area contributed by atoms with Gasteiger partial charge in [-0.15, -0.1) is 11.3 Å². The minimum Gasteiger partial charge on any atom is -0.383 e. The summed E-state index contributed by atoms with van der Waals surface area (Å²) in [6.45, 7) is 2.81. The van der Waals surface area contributed by atoms with E-state index in [2.05, 4.69) is 29.4 Å². The quantitative estimate of drug-likeness (QED) is 0.815. The molecule has 0 aliphatic carbocycles. The summed E-state index contributed by atoms with van der Waals surface area (Å²) in [7, 11) is 1.52. The Labute approximate surface area is 134 Å². The van der Waals surface area contributed by atoms with Crippen LogP contribution in [0.1, 0.15) is 9.88 Å². The second-order valence-electron chi connectivity index (χ2n) is 4.98. The molecule has 0 bridgehead atoms. The molecular weight excluding hydrogens is 298 g/mol. The van der Waals surface area contributed by atoms with E-state index in [1.54, 1.807) is 11.3 Å². The van der Waals surface area contributed by atoms with Crippen molar-refractivity contribution in [2.24, 2.45) is 5.73 Å². The number of rotatable bonds is 7. The summed E-state index contributed by atoms with van der Waals surface area (Å²) in [5, 5.41) is 3.82. The lowest BCUT2D eigenvalue weighted by Gasteiger charge is -2.10. The minimum atomic E-state index is -0.622. The summed E-state index contributed by atoms with van der Waals surface area (Å²) >= 11 is 1.66. The maximum atomic E-state index is 11.7. The highest BCUT2D eigenvalue weighted by atomic mass is 32.1. The molecule has 6 heteroatoms. The summed E-state index contributed by atoms with van der Waals surface area (Å²) in [5.41, 5.74) is 7.80. The van der Waals surface area contributed by atoms with Crippen molar-refractivity contribution in [3.8, 4) is 11.3 Å². The number of aryl methyl sites for hydroxylation is 1. The number of benzene rings is 1. The molecule has 0 radical (unpaired) electrons. The van der Waals surface area contributed by atoms with Crippen molar-refractivity contribution in [3.05, 3.63) is 40.2 Å². The van der Waals surface area contributed by atoms with Crippen molar-refractivity contribution in [2.45, 2.75) is 19.4 Å². The molecule has 0 aliphatic heterocycles. The Bertz CT molecular complexity index is 613. The molecule has 1 heterocycles. The zero-order chi connectivity index (χ0) is 15.9. The summed E-state index contributed by atoms with van der Waals surface area (Å²) in [6.07, 6.45) is 0.698. The summed E-state index contributed by atoms with van der Waals surface area (Å²) in [4.78, 5) is 17.5. The number of methoxy groups -OCH3 is 1. The maximum absolute atomic E-state index is 11.7. The third kappa shape index (κ3) is 4.37. The number of nitrogens with two attached hydrogens (primary N) is 1. The zero-order valence-electron chi connectivity index (χ0n) is 12.8. The summed E-state index contributed by atoms with van der Waals surface area (Å²) in [6, 6.07) is 9.48. The SMILES string of the molecule is COCC(N)C(=O)NCCc1nc(-c2ccccc2)c(C)s1. The molecule has 0 saturated heterocycles. The highest BCUT2D eigenvalue weighted by Crippen LogP contribution is 2.27. The lowest BCUT2D eigenvalue weighted by molar-refractivity contribution is -0.123. The number of nitrogens with zero attached hydrogens (tertiary/aromatic N) is 1. The molecule has 2 aromatic rings. The standard InChI is InChI=1S/C16H21N3O2S/c1-11-15(12-6-4-3-5-7-12)19-14(22-11)8-9-18-16(20)13(17)10-21-2/h3-7,13H,8-10,17H2,1-2H3,(H,18,20).